The van der Waals surface area contributed by atoms with Gasteiger partial charge in [0, 0.05) is 10.6 Å². The molecule has 2 aromatic rings. The molecule has 118 valence electrons. The highest BCUT2D eigenvalue weighted by Gasteiger charge is 2.22. The molecule has 1 aliphatic rings. The Balaban J connectivity index is 1.60. The molecule has 0 aromatic heterocycles. The average molecular weight is 333 g/mol. The fourth-order valence-electron chi connectivity index (χ4n) is 2.06. The van der Waals surface area contributed by atoms with Crippen molar-refractivity contribution in [2.75, 3.05) is 6.61 Å². The van der Waals surface area contributed by atoms with Gasteiger partial charge >= 0.3 is 5.97 Å². The van der Waals surface area contributed by atoms with Crippen LogP contribution in [0.2, 0.25) is 5.02 Å². The third kappa shape index (κ3) is 3.73. The maximum atomic E-state index is 11.0. The van der Waals surface area contributed by atoms with E-state index in [0.29, 0.717) is 22.2 Å². The predicted octanol–water partition coefficient (Wildman–Crippen LogP) is 2.72. The van der Waals surface area contributed by atoms with Crippen LogP contribution in [-0.2, 0) is 4.84 Å². The number of oxime groups is 1. The van der Waals surface area contributed by atoms with Crippen LogP contribution in [-0.4, -0.2) is 29.7 Å². The number of carbonyl (C=O) groups is 1. The first kappa shape index (κ1) is 15.2. The Morgan fingerprint density at radius 2 is 2.13 bits per heavy atom. The van der Waals surface area contributed by atoms with E-state index in [1.165, 1.54) is 12.1 Å². The summed E-state index contributed by atoms with van der Waals surface area (Å²) >= 11 is 5.89. The number of hydrogen-bond donors (Lipinski definition) is 2. The number of benzene rings is 2. The normalized spacial score (nSPS) is 16.2. The monoisotopic (exact) mass is 332 g/mol. The van der Waals surface area contributed by atoms with Crippen molar-refractivity contribution < 1.29 is 19.5 Å². The van der Waals surface area contributed by atoms with Gasteiger partial charge in [0.05, 0.1) is 5.56 Å². The number of carboxylic acid groups (broad SMARTS) is 1. The summed E-state index contributed by atoms with van der Waals surface area (Å²) in [6, 6.07) is 13.5. The minimum absolute atomic E-state index is 0.186. The van der Waals surface area contributed by atoms with Gasteiger partial charge in [0.25, 0.3) is 0 Å². The molecule has 1 aliphatic heterocycles. The van der Waals surface area contributed by atoms with E-state index in [-0.39, 0.29) is 12.2 Å². The molecule has 0 radical (unpaired) electrons. The molecule has 0 fully saturated rings. The van der Waals surface area contributed by atoms with Gasteiger partial charge in [-0.2, -0.15) is 0 Å². The fourth-order valence-corrected chi connectivity index (χ4v) is 2.24. The van der Waals surface area contributed by atoms with Crippen molar-refractivity contribution in [2.24, 2.45) is 5.16 Å². The van der Waals surface area contributed by atoms with Gasteiger partial charge in [0.15, 0.2) is 5.84 Å². The number of ether oxygens (including phenoxy) is 1. The van der Waals surface area contributed by atoms with Crippen LogP contribution >= 0.6 is 11.6 Å². The maximum Gasteiger partial charge on any atom is 0.335 e. The summed E-state index contributed by atoms with van der Waals surface area (Å²) in [5.41, 5.74) is 0.820. The van der Waals surface area contributed by atoms with E-state index in [0.717, 1.165) is 0 Å². The van der Waals surface area contributed by atoms with Crippen LogP contribution in [0.4, 0.5) is 0 Å². The van der Waals surface area contributed by atoms with E-state index in [1.54, 1.807) is 36.4 Å². The van der Waals surface area contributed by atoms with E-state index in [4.69, 9.17) is 26.3 Å². The van der Waals surface area contributed by atoms with Crippen molar-refractivity contribution in [2.45, 2.75) is 6.23 Å². The third-order valence-electron chi connectivity index (χ3n) is 3.15. The number of nitrogens with one attached hydrogen (secondary N) is 1. The van der Waals surface area contributed by atoms with Crippen molar-refractivity contribution >= 4 is 23.4 Å². The van der Waals surface area contributed by atoms with Crippen LogP contribution in [0.5, 0.6) is 5.75 Å². The van der Waals surface area contributed by atoms with E-state index in [9.17, 15) is 4.79 Å². The standard InChI is InChI=1S/C16H13ClN2O4/c17-12-5-2-6-13(8-12)22-9-14-18-15(19-23-14)10-3-1-4-11(7-10)16(20)21/h1-8,14H,9H2,(H,18,19)(H,20,21). The Morgan fingerprint density at radius 3 is 2.91 bits per heavy atom. The molecule has 2 N–H and O–H groups in total. The number of nitrogens with zero attached hydrogens (tertiary/aromatic N) is 1. The van der Waals surface area contributed by atoms with E-state index < -0.39 is 12.2 Å². The van der Waals surface area contributed by atoms with Crippen molar-refractivity contribution in [3.05, 3.63) is 64.7 Å². The molecule has 1 heterocycles. The highest BCUT2D eigenvalue weighted by atomic mass is 35.5. The Morgan fingerprint density at radius 1 is 1.30 bits per heavy atom. The molecule has 2 aromatic carbocycles. The number of rotatable bonds is 5. The van der Waals surface area contributed by atoms with Gasteiger partial charge in [0.2, 0.25) is 6.23 Å². The highest BCUT2D eigenvalue weighted by Crippen LogP contribution is 2.18. The van der Waals surface area contributed by atoms with Crippen LogP contribution in [0.3, 0.4) is 0 Å². The Bertz CT molecular complexity index is 763. The molecule has 0 saturated carbocycles. The molecule has 0 spiro atoms. The minimum Gasteiger partial charge on any atom is -0.488 e. The summed E-state index contributed by atoms with van der Waals surface area (Å²) in [5, 5.41) is 16.6. The number of amidine groups is 1. The average Bonchev–Trinajstić information content (AvgIpc) is 3.02. The molecule has 3 rings (SSSR count). The summed E-state index contributed by atoms with van der Waals surface area (Å²) < 4.78 is 5.58. The van der Waals surface area contributed by atoms with Crippen molar-refractivity contribution in [3.63, 3.8) is 0 Å². The Labute approximate surface area is 137 Å². The van der Waals surface area contributed by atoms with E-state index in [1.807, 2.05) is 0 Å². The third-order valence-corrected chi connectivity index (χ3v) is 3.38. The number of hydrogen-bond acceptors (Lipinski definition) is 5. The van der Waals surface area contributed by atoms with Gasteiger partial charge in [-0.05, 0) is 30.3 Å². The second-order valence-corrected chi connectivity index (χ2v) is 5.27. The molecule has 0 aliphatic carbocycles. The van der Waals surface area contributed by atoms with E-state index in [2.05, 4.69) is 10.5 Å². The lowest BCUT2D eigenvalue weighted by atomic mass is 10.1. The Hall–Kier alpha value is -2.73. The van der Waals surface area contributed by atoms with Gasteiger partial charge in [-0.15, -0.1) is 0 Å². The first-order valence-electron chi connectivity index (χ1n) is 6.84. The zero-order chi connectivity index (χ0) is 16.2. The number of carboxylic acids is 1. The fraction of sp³-hybridized carbons (Fsp3) is 0.125. The first-order chi connectivity index (χ1) is 11.1. The van der Waals surface area contributed by atoms with Gasteiger partial charge < -0.3 is 20.0 Å². The van der Waals surface area contributed by atoms with Crippen LogP contribution in [0, 0.1) is 0 Å². The molecule has 0 saturated heterocycles. The molecule has 0 amide bonds. The lowest BCUT2D eigenvalue weighted by Gasteiger charge is -2.12. The highest BCUT2D eigenvalue weighted by molar-refractivity contribution is 6.30. The quantitative estimate of drug-likeness (QED) is 0.880. The molecule has 0 bridgehead atoms. The zero-order valence-corrected chi connectivity index (χ0v) is 12.7. The predicted molar refractivity (Wildman–Crippen MR) is 84.9 cm³/mol. The summed E-state index contributed by atoms with van der Waals surface area (Å²) in [5.74, 6) is 0.101. The summed E-state index contributed by atoms with van der Waals surface area (Å²) in [6.45, 7) is 0.228. The van der Waals surface area contributed by atoms with Crippen LogP contribution in [0.1, 0.15) is 15.9 Å². The smallest absolute Gasteiger partial charge is 0.335 e. The second kappa shape index (κ2) is 6.58. The molecule has 1 unspecified atom stereocenters. The maximum absolute atomic E-state index is 11.0. The largest absolute Gasteiger partial charge is 0.488 e. The van der Waals surface area contributed by atoms with E-state index >= 15 is 0 Å². The van der Waals surface area contributed by atoms with Gasteiger partial charge in [-0.3, -0.25) is 0 Å². The SMILES string of the molecule is O=C(O)c1cccc(C2=NOC(COc3cccc(Cl)c3)N2)c1. The van der Waals surface area contributed by atoms with Gasteiger partial charge in [-0.25, -0.2) is 4.79 Å². The molecular weight excluding hydrogens is 320 g/mol. The van der Waals surface area contributed by atoms with Crippen molar-refractivity contribution in [1.82, 2.24) is 5.32 Å². The van der Waals surface area contributed by atoms with Crippen LogP contribution in [0.25, 0.3) is 0 Å². The number of halogens is 1. The summed E-state index contributed by atoms with van der Waals surface area (Å²) in [4.78, 5) is 16.2. The second-order valence-electron chi connectivity index (χ2n) is 4.83. The van der Waals surface area contributed by atoms with Crippen LogP contribution < -0.4 is 10.1 Å². The molecule has 23 heavy (non-hydrogen) atoms. The van der Waals surface area contributed by atoms with Crippen molar-refractivity contribution in [1.29, 1.82) is 0 Å². The molecule has 6 nitrogen and oxygen atoms in total. The lowest BCUT2D eigenvalue weighted by molar-refractivity contribution is 0.0355. The number of aromatic carboxylic acids is 1. The van der Waals surface area contributed by atoms with Gasteiger partial charge in [0.1, 0.15) is 12.4 Å². The minimum atomic E-state index is -0.993. The zero-order valence-electron chi connectivity index (χ0n) is 11.9. The molecule has 1 atom stereocenters. The van der Waals surface area contributed by atoms with Crippen LogP contribution in [0.15, 0.2) is 53.7 Å². The molecular formula is C16H13ClN2O4. The molecule has 7 heteroatoms. The van der Waals surface area contributed by atoms with Gasteiger partial charge in [-0.1, -0.05) is 35.0 Å². The Kier molecular flexibility index (Phi) is 4.34. The summed E-state index contributed by atoms with van der Waals surface area (Å²) in [6.07, 6.45) is -0.461. The summed E-state index contributed by atoms with van der Waals surface area (Å²) in [7, 11) is 0. The first-order valence-corrected chi connectivity index (χ1v) is 7.22. The lowest BCUT2D eigenvalue weighted by Crippen LogP contribution is -2.34. The topological polar surface area (TPSA) is 80.2 Å². The van der Waals surface area contributed by atoms with Crippen molar-refractivity contribution in [3.8, 4) is 5.75 Å².